The first kappa shape index (κ1) is 26.3. The maximum Gasteiger partial charge on any atom is 0.0340 e. The molecule has 0 atom stereocenters. The minimum Gasteiger partial charge on any atom is -0.385 e. The van der Waals surface area contributed by atoms with Crippen molar-refractivity contribution in [1.29, 1.82) is 0 Å². The predicted octanol–water partition coefficient (Wildman–Crippen LogP) is 10.3. The lowest BCUT2D eigenvalue weighted by atomic mass is 9.68. The van der Waals surface area contributed by atoms with E-state index in [2.05, 4.69) is 42.6 Å². The van der Waals surface area contributed by atoms with Gasteiger partial charge in [0.1, 0.15) is 0 Å². The van der Waals surface area contributed by atoms with Crippen LogP contribution in [0.25, 0.3) is 0 Å². The number of benzene rings is 1. The number of hydrogen-bond acceptors (Lipinski definition) is 1. The molecule has 0 aromatic heterocycles. The van der Waals surface area contributed by atoms with E-state index in [1.807, 2.05) is 0 Å². The van der Waals surface area contributed by atoms with Crippen LogP contribution in [-0.4, -0.2) is 6.54 Å². The fourth-order valence-corrected chi connectivity index (χ4v) is 5.68. The van der Waals surface area contributed by atoms with Crippen LogP contribution in [0.4, 0.5) is 5.69 Å². The largest absolute Gasteiger partial charge is 0.385 e. The van der Waals surface area contributed by atoms with Crippen LogP contribution in [0.5, 0.6) is 0 Å². The summed E-state index contributed by atoms with van der Waals surface area (Å²) in [5, 5.41) is 3.53. The lowest BCUT2D eigenvalue weighted by Gasteiger charge is -2.38. The van der Waals surface area contributed by atoms with Crippen molar-refractivity contribution in [2.45, 2.75) is 142 Å². The second-order valence-corrected chi connectivity index (χ2v) is 10.4. The fraction of sp³-hybridized carbons (Fsp3) is 0.800. The highest BCUT2D eigenvalue weighted by molar-refractivity contribution is 5.42. The molecule has 1 aliphatic rings. The maximum atomic E-state index is 3.53. The Bertz CT molecular complexity index is 502. The van der Waals surface area contributed by atoms with Gasteiger partial charge < -0.3 is 5.32 Å². The van der Waals surface area contributed by atoms with E-state index >= 15 is 0 Å². The zero-order valence-electron chi connectivity index (χ0n) is 20.9. The van der Waals surface area contributed by atoms with E-state index < -0.39 is 0 Å². The van der Waals surface area contributed by atoms with Gasteiger partial charge in [-0.05, 0) is 49.7 Å². The average Bonchev–Trinajstić information content (AvgIpc) is 2.81. The van der Waals surface area contributed by atoms with E-state index in [4.69, 9.17) is 0 Å². The molecule has 1 fully saturated rings. The van der Waals surface area contributed by atoms with Crippen LogP contribution >= 0.6 is 0 Å². The monoisotopic (exact) mass is 427 g/mol. The van der Waals surface area contributed by atoms with Crippen molar-refractivity contribution in [3.8, 4) is 0 Å². The van der Waals surface area contributed by atoms with Gasteiger partial charge in [-0.2, -0.15) is 0 Å². The molecule has 0 amide bonds. The number of unbranched alkanes of at least 4 members (excludes halogenated alkanes) is 12. The Morgan fingerprint density at radius 1 is 0.613 bits per heavy atom. The average molecular weight is 428 g/mol. The molecule has 0 radical (unpaired) electrons. The fourth-order valence-electron chi connectivity index (χ4n) is 5.68. The normalized spacial score (nSPS) is 15.8. The van der Waals surface area contributed by atoms with Gasteiger partial charge in [0, 0.05) is 12.2 Å². The third kappa shape index (κ3) is 12.6. The summed E-state index contributed by atoms with van der Waals surface area (Å²) in [5.74, 6) is 0. The summed E-state index contributed by atoms with van der Waals surface area (Å²) in [7, 11) is 0. The molecule has 0 unspecified atom stereocenters. The molecule has 1 aliphatic carbocycles. The molecule has 1 N–H and O–H groups in total. The molecule has 1 heteroatoms. The Labute approximate surface area is 195 Å². The molecule has 0 heterocycles. The number of para-hydroxylation sites is 1. The van der Waals surface area contributed by atoms with E-state index in [9.17, 15) is 0 Å². The third-order valence-electron chi connectivity index (χ3n) is 7.71. The molecule has 178 valence electrons. The van der Waals surface area contributed by atoms with Crippen molar-refractivity contribution in [3.05, 3.63) is 30.3 Å². The van der Waals surface area contributed by atoms with Crippen LogP contribution in [-0.2, 0) is 0 Å². The summed E-state index contributed by atoms with van der Waals surface area (Å²) < 4.78 is 0. The van der Waals surface area contributed by atoms with Crippen LogP contribution < -0.4 is 5.32 Å². The molecule has 1 nitrogen and oxygen atoms in total. The summed E-state index contributed by atoms with van der Waals surface area (Å²) in [6.07, 6.45) is 30.8. The quantitative estimate of drug-likeness (QED) is 0.216. The minimum atomic E-state index is 0.741. The van der Waals surface area contributed by atoms with E-state index in [1.54, 1.807) is 0 Å². The van der Waals surface area contributed by atoms with Crippen molar-refractivity contribution in [2.24, 2.45) is 5.41 Å². The van der Waals surface area contributed by atoms with Gasteiger partial charge in [-0.3, -0.25) is 0 Å². The Kier molecular flexibility index (Phi) is 14.9. The summed E-state index contributed by atoms with van der Waals surface area (Å²) in [5.41, 5.74) is 2.00. The smallest absolute Gasteiger partial charge is 0.0340 e. The first-order valence-corrected chi connectivity index (χ1v) is 14.1. The van der Waals surface area contributed by atoms with Crippen LogP contribution in [0.15, 0.2) is 30.3 Å². The van der Waals surface area contributed by atoms with Gasteiger partial charge >= 0.3 is 0 Å². The zero-order chi connectivity index (χ0) is 21.9. The standard InChI is InChI=1S/C30H53N/c1-2-3-4-5-7-10-17-24-30(26-19-14-20-27-30)25-18-11-8-6-9-12-21-28-31-29-22-15-13-16-23-29/h13,15-16,22-23,31H,2-12,14,17-21,24-28H2,1H3. The summed E-state index contributed by atoms with van der Waals surface area (Å²) >= 11 is 0. The molecule has 2 rings (SSSR count). The highest BCUT2D eigenvalue weighted by Crippen LogP contribution is 2.44. The Balaban J connectivity index is 1.46. The van der Waals surface area contributed by atoms with Crippen molar-refractivity contribution >= 4 is 5.69 Å². The molecule has 1 aromatic carbocycles. The molecule has 31 heavy (non-hydrogen) atoms. The van der Waals surface area contributed by atoms with Gasteiger partial charge in [0.2, 0.25) is 0 Å². The molecule has 0 bridgehead atoms. The van der Waals surface area contributed by atoms with Gasteiger partial charge in [-0.25, -0.2) is 0 Å². The summed E-state index contributed by atoms with van der Waals surface area (Å²) in [6, 6.07) is 10.6. The molecular weight excluding hydrogens is 374 g/mol. The number of hydrogen-bond donors (Lipinski definition) is 1. The van der Waals surface area contributed by atoms with Crippen LogP contribution in [0.3, 0.4) is 0 Å². The van der Waals surface area contributed by atoms with Gasteiger partial charge in [0.05, 0.1) is 0 Å². The second kappa shape index (κ2) is 17.6. The van der Waals surface area contributed by atoms with Crippen LogP contribution in [0.1, 0.15) is 142 Å². The highest BCUT2D eigenvalue weighted by atomic mass is 14.9. The lowest BCUT2D eigenvalue weighted by Crippen LogP contribution is -2.24. The lowest BCUT2D eigenvalue weighted by molar-refractivity contribution is 0.146. The SMILES string of the molecule is CCCCCCCCCC1(CCCCCCCCCNc2ccccc2)CCCCC1. The number of nitrogens with one attached hydrogen (secondary N) is 1. The maximum absolute atomic E-state index is 3.53. The van der Waals surface area contributed by atoms with E-state index in [0.29, 0.717) is 0 Å². The number of anilines is 1. The van der Waals surface area contributed by atoms with Gasteiger partial charge in [0.25, 0.3) is 0 Å². The minimum absolute atomic E-state index is 0.741. The van der Waals surface area contributed by atoms with Crippen molar-refractivity contribution in [1.82, 2.24) is 0 Å². The van der Waals surface area contributed by atoms with E-state index in [0.717, 1.165) is 12.0 Å². The van der Waals surface area contributed by atoms with Crippen molar-refractivity contribution < 1.29 is 0 Å². The molecule has 1 saturated carbocycles. The Morgan fingerprint density at radius 2 is 1.13 bits per heavy atom. The topological polar surface area (TPSA) is 12.0 Å². The van der Waals surface area contributed by atoms with Crippen LogP contribution in [0, 0.1) is 5.41 Å². The van der Waals surface area contributed by atoms with Gasteiger partial charge in [-0.1, -0.05) is 128 Å². The van der Waals surface area contributed by atoms with Crippen LogP contribution in [0.2, 0.25) is 0 Å². The van der Waals surface area contributed by atoms with Gasteiger partial charge in [0.15, 0.2) is 0 Å². The first-order chi connectivity index (χ1) is 15.3. The highest BCUT2D eigenvalue weighted by Gasteiger charge is 2.30. The molecular formula is C30H53N. The summed E-state index contributed by atoms with van der Waals surface area (Å²) in [6.45, 7) is 3.43. The molecule has 0 aliphatic heterocycles. The third-order valence-corrected chi connectivity index (χ3v) is 7.71. The second-order valence-electron chi connectivity index (χ2n) is 10.4. The van der Waals surface area contributed by atoms with Crippen molar-refractivity contribution in [3.63, 3.8) is 0 Å². The first-order valence-electron chi connectivity index (χ1n) is 14.1. The van der Waals surface area contributed by atoms with E-state index in [1.165, 1.54) is 141 Å². The van der Waals surface area contributed by atoms with Gasteiger partial charge in [-0.15, -0.1) is 0 Å². The number of rotatable bonds is 19. The van der Waals surface area contributed by atoms with Crippen molar-refractivity contribution in [2.75, 3.05) is 11.9 Å². The summed E-state index contributed by atoms with van der Waals surface area (Å²) in [4.78, 5) is 0. The predicted molar refractivity (Wildman–Crippen MR) is 140 cm³/mol. The zero-order valence-corrected chi connectivity index (χ0v) is 20.9. The Morgan fingerprint density at radius 3 is 1.71 bits per heavy atom. The molecule has 0 saturated heterocycles. The Hall–Kier alpha value is -0.980. The van der Waals surface area contributed by atoms with E-state index in [-0.39, 0.29) is 0 Å². The molecule has 1 aromatic rings. The molecule has 0 spiro atoms.